The van der Waals surface area contributed by atoms with Crippen molar-refractivity contribution >= 4 is 12.0 Å². The van der Waals surface area contributed by atoms with Gasteiger partial charge in [0.25, 0.3) is 0 Å². The van der Waals surface area contributed by atoms with Crippen molar-refractivity contribution in [3.8, 4) is 0 Å². The van der Waals surface area contributed by atoms with E-state index in [-0.39, 0.29) is 0 Å². The van der Waals surface area contributed by atoms with Gasteiger partial charge < -0.3 is 4.90 Å². The number of aldehydes is 1. The number of hydrogen-bond acceptors (Lipinski definition) is 2. The number of allylic oxidation sites excluding steroid dienone is 1. The Balaban J connectivity index is 2.39. The third kappa shape index (κ3) is 1.84. The molecule has 0 N–H and O–H groups in total. The summed E-state index contributed by atoms with van der Waals surface area (Å²) in [5.74, 6) is 0. The molecular weight excluding hydrogens is 186 g/mol. The monoisotopic (exact) mass is 199 g/mol. The minimum atomic E-state index is 0.739. The summed E-state index contributed by atoms with van der Waals surface area (Å²) in [6.45, 7) is 4.53. The summed E-state index contributed by atoms with van der Waals surface area (Å²) in [7, 11) is 0. The van der Waals surface area contributed by atoms with Gasteiger partial charge in [-0.3, -0.25) is 4.79 Å². The molecule has 0 atom stereocenters. The molecule has 0 radical (unpaired) electrons. The zero-order valence-corrected chi connectivity index (χ0v) is 8.52. The number of hydrogen-bond donors (Lipinski definition) is 0. The zero-order chi connectivity index (χ0) is 10.7. The van der Waals surface area contributed by atoms with E-state index in [2.05, 4.69) is 23.8 Å². The lowest BCUT2D eigenvalue weighted by molar-refractivity contribution is 0.112. The van der Waals surface area contributed by atoms with Gasteiger partial charge in [-0.1, -0.05) is 12.2 Å². The van der Waals surface area contributed by atoms with Crippen LogP contribution in [-0.4, -0.2) is 12.8 Å². The fourth-order valence-electron chi connectivity index (χ4n) is 1.81. The molecule has 1 heterocycles. The first-order valence-corrected chi connectivity index (χ1v) is 4.97. The minimum absolute atomic E-state index is 0.739. The highest BCUT2D eigenvalue weighted by atomic mass is 16.1. The molecule has 0 fully saturated rings. The molecule has 0 aliphatic carbocycles. The molecular formula is C13H13NO. The molecule has 0 saturated heterocycles. The molecule has 0 aromatic heterocycles. The number of benzene rings is 1. The van der Waals surface area contributed by atoms with Gasteiger partial charge in [0, 0.05) is 24.0 Å². The normalized spacial score (nSPS) is 13.5. The standard InChI is InChI=1S/C13H13NO/c1-2-7-14-8-3-4-12-9-11(10-15)5-6-13(12)14/h2-3,5-6,8-10H,1,4,7H2. The van der Waals surface area contributed by atoms with Crippen molar-refractivity contribution in [2.24, 2.45) is 0 Å². The van der Waals surface area contributed by atoms with E-state index in [9.17, 15) is 4.79 Å². The van der Waals surface area contributed by atoms with Gasteiger partial charge in [-0.2, -0.15) is 0 Å². The number of rotatable bonds is 3. The van der Waals surface area contributed by atoms with Crippen LogP contribution in [0.15, 0.2) is 43.1 Å². The molecule has 2 rings (SSSR count). The third-order valence-electron chi connectivity index (χ3n) is 2.50. The maximum Gasteiger partial charge on any atom is 0.150 e. The minimum Gasteiger partial charge on any atom is -0.344 e. The molecule has 0 unspecified atom stereocenters. The van der Waals surface area contributed by atoms with Crippen LogP contribution < -0.4 is 4.90 Å². The van der Waals surface area contributed by atoms with Crippen molar-refractivity contribution < 1.29 is 4.79 Å². The zero-order valence-electron chi connectivity index (χ0n) is 8.52. The lowest BCUT2D eigenvalue weighted by atomic mass is 10.0. The van der Waals surface area contributed by atoms with Crippen LogP contribution in [0.4, 0.5) is 5.69 Å². The molecule has 0 amide bonds. The predicted molar refractivity (Wildman–Crippen MR) is 62.2 cm³/mol. The molecule has 1 aromatic rings. The summed E-state index contributed by atoms with van der Waals surface area (Å²) in [6, 6.07) is 5.79. The molecule has 1 aliphatic rings. The van der Waals surface area contributed by atoms with Gasteiger partial charge in [-0.05, 0) is 30.2 Å². The average molecular weight is 199 g/mol. The van der Waals surface area contributed by atoms with Gasteiger partial charge in [-0.25, -0.2) is 0 Å². The van der Waals surface area contributed by atoms with Crippen molar-refractivity contribution in [3.63, 3.8) is 0 Å². The summed E-state index contributed by atoms with van der Waals surface area (Å²) >= 11 is 0. The van der Waals surface area contributed by atoms with E-state index in [1.807, 2.05) is 24.3 Å². The number of anilines is 1. The first-order chi connectivity index (χ1) is 7.35. The largest absolute Gasteiger partial charge is 0.344 e. The second-order valence-corrected chi connectivity index (χ2v) is 3.54. The SMILES string of the molecule is C=CCN1C=CCc2cc(C=O)ccc21. The van der Waals surface area contributed by atoms with E-state index in [1.165, 1.54) is 11.3 Å². The summed E-state index contributed by atoms with van der Waals surface area (Å²) in [5.41, 5.74) is 3.11. The van der Waals surface area contributed by atoms with Gasteiger partial charge in [0.2, 0.25) is 0 Å². The van der Waals surface area contributed by atoms with Crippen molar-refractivity contribution in [1.29, 1.82) is 0 Å². The molecule has 0 saturated carbocycles. The summed E-state index contributed by atoms with van der Waals surface area (Å²) in [5, 5.41) is 0. The Bertz CT molecular complexity index is 421. The van der Waals surface area contributed by atoms with Crippen LogP contribution in [-0.2, 0) is 6.42 Å². The molecule has 76 valence electrons. The van der Waals surface area contributed by atoms with Crippen LogP contribution >= 0.6 is 0 Å². The lowest BCUT2D eigenvalue weighted by Crippen LogP contribution is -2.20. The van der Waals surface area contributed by atoms with Gasteiger partial charge >= 0.3 is 0 Å². The number of carbonyl (C=O) groups excluding carboxylic acids is 1. The Morgan fingerprint density at radius 1 is 1.47 bits per heavy atom. The second kappa shape index (κ2) is 4.13. The first kappa shape index (κ1) is 9.71. The van der Waals surface area contributed by atoms with Crippen molar-refractivity contribution in [1.82, 2.24) is 0 Å². The van der Waals surface area contributed by atoms with E-state index in [0.717, 1.165) is 24.8 Å². The van der Waals surface area contributed by atoms with Gasteiger partial charge in [0.1, 0.15) is 6.29 Å². The van der Waals surface area contributed by atoms with Crippen LogP contribution in [0, 0.1) is 0 Å². The molecule has 15 heavy (non-hydrogen) atoms. The van der Waals surface area contributed by atoms with Gasteiger partial charge in [0.05, 0.1) is 0 Å². The highest BCUT2D eigenvalue weighted by Gasteiger charge is 2.11. The van der Waals surface area contributed by atoms with E-state index in [0.29, 0.717) is 0 Å². The number of fused-ring (bicyclic) bond motifs is 1. The van der Waals surface area contributed by atoms with Gasteiger partial charge in [0.15, 0.2) is 0 Å². The summed E-state index contributed by atoms with van der Waals surface area (Å²) < 4.78 is 0. The number of carbonyl (C=O) groups is 1. The van der Waals surface area contributed by atoms with Crippen molar-refractivity contribution in [3.05, 3.63) is 54.3 Å². The Labute approximate surface area is 89.5 Å². The second-order valence-electron chi connectivity index (χ2n) is 3.54. The predicted octanol–water partition coefficient (Wildman–Crippen LogP) is 2.56. The van der Waals surface area contributed by atoms with E-state index >= 15 is 0 Å². The molecule has 2 nitrogen and oxygen atoms in total. The first-order valence-electron chi connectivity index (χ1n) is 4.97. The highest BCUT2D eigenvalue weighted by molar-refractivity contribution is 5.77. The molecule has 2 heteroatoms. The topological polar surface area (TPSA) is 20.3 Å². The highest BCUT2D eigenvalue weighted by Crippen LogP contribution is 2.26. The van der Waals surface area contributed by atoms with Crippen LogP contribution in [0.2, 0.25) is 0 Å². The van der Waals surface area contributed by atoms with Crippen LogP contribution in [0.25, 0.3) is 0 Å². The average Bonchev–Trinajstić information content (AvgIpc) is 2.29. The van der Waals surface area contributed by atoms with E-state index < -0.39 is 0 Å². The fourth-order valence-corrected chi connectivity index (χ4v) is 1.81. The van der Waals surface area contributed by atoms with E-state index in [1.54, 1.807) is 0 Å². The number of nitrogens with zero attached hydrogens (tertiary/aromatic N) is 1. The Kier molecular flexibility index (Phi) is 2.68. The molecule has 1 aliphatic heterocycles. The molecule has 1 aromatic carbocycles. The Morgan fingerprint density at radius 2 is 2.33 bits per heavy atom. The van der Waals surface area contributed by atoms with Crippen LogP contribution in [0.5, 0.6) is 0 Å². The van der Waals surface area contributed by atoms with Gasteiger partial charge in [-0.15, -0.1) is 6.58 Å². The lowest BCUT2D eigenvalue weighted by Gasteiger charge is -2.25. The Morgan fingerprint density at radius 3 is 3.07 bits per heavy atom. The van der Waals surface area contributed by atoms with Crippen LogP contribution in [0.1, 0.15) is 15.9 Å². The summed E-state index contributed by atoms with van der Waals surface area (Å²) in [6.07, 6.45) is 7.80. The Hall–Kier alpha value is -1.83. The molecule has 0 bridgehead atoms. The third-order valence-corrected chi connectivity index (χ3v) is 2.50. The summed E-state index contributed by atoms with van der Waals surface area (Å²) in [4.78, 5) is 12.8. The fraction of sp³-hybridized carbons (Fsp3) is 0.154. The van der Waals surface area contributed by atoms with Crippen molar-refractivity contribution in [2.75, 3.05) is 11.4 Å². The maximum atomic E-state index is 10.7. The quantitative estimate of drug-likeness (QED) is 0.551. The van der Waals surface area contributed by atoms with Crippen molar-refractivity contribution in [2.45, 2.75) is 6.42 Å². The maximum absolute atomic E-state index is 10.7. The molecule has 0 spiro atoms. The smallest absolute Gasteiger partial charge is 0.150 e. The van der Waals surface area contributed by atoms with E-state index in [4.69, 9.17) is 0 Å². The van der Waals surface area contributed by atoms with Crippen LogP contribution in [0.3, 0.4) is 0 Å².